The van der Waals surface area contributed by atoms with Crippen molar-refractivity contribution in [3.8, 4) is 11.5 Å². The minimum atomic E-state index is -1.39. The zero-order chi connectivity index (χ0) is 87.1. The molecule has 2 aromatic carbocycles. The lowest BCUT2D eigenvalue weighted by atomic mass is 9.43. The number of esters is 2. The van der Waals surface area contributed by atoms with Crippen molar-refractivity contribution in [2.24, 2.45) is 34.5 Å². The van der Waals surface area contributed by atoms with Gasteiger partial charge < -0.3 is 73.2 Å². The number of carboxylic acid groups (broad SMARTS) is 1. The summed E-state index contributed by atoms with van der Waals surface area (Å²) >= 11 is 2.41. The topological polar surface area (TPSA) is 383 Å². The van der Waals surface area contributed by atoms with Gasteiger partial charge in [0.05, 0.1) is 60.4 Å². The fraction of sp³-hybridized carbons (Fsp3) is 0.647. The Balaban J connectivity index is 0.000000250. The molecule has 0 radical (unpaired) electrons. The number of aromatic nitrogens is 2. The number of methoxy groups -OCH3 is 2. The summed E-state index contributed by atoms with van der Waals surface area (Å²) in [6, 6.07) is 5.42. The normalized spacial score (nSPS) is 24.3. The maximum absolute atomic E-state index is 14.9. The van der Waals surface area contributed by atoms with Crippen LogP contribution >= 0.6 is 22.7 Å². The summed E-state index contributed by atoms with van der Waals surface area (Å²) in [5.41, 5.74) is -1.50. The first-order valence-electron chi connectivity index (χ1n) is 41.1. The zero-order valence-electron chi connectivity index (χ0n) is 71.8. The molecule has 2 unspecified atom stereocenters. The third-order valence-corrected chi connectivity index (χ3v) is 26.6. The molecule has 2 aromatic heterocycles. The zero-order valence-corrected chi connectivity index (χ0v) is 73.4. The largest absolute Gasteiger partial charge is 0.496 e. The van der Waals surface area contributed by atoms with Crippen LogP contribution in [0, 0.1) is 34.5 Å². The molecule has 9 amide bonds. The number of thiazole rings is 2. The molecule has 4 saturated heterocycles. The Morgan fingerprint density at radius 2 is 1.01 bits per heavy atom. The number of benzene rings is 2. The maximum Gasteiger partial charge on any atom is 0.461 e. The number of carbonyl (C=O) groups excluding carboxylic acids is 11. The van der Waals surface area contributed by atoms with Gasteiger partial charge in [0.25, 0.3) is 0 Å². The molecule has 10 fully saturated rings. The van der Waals surface area contributed by atoms with Gasteiger partial charge in [-0.15, -0.1) is 22.7 Å². The number of nitrogens with zero attached hydrogens (tertiary/aromatic N) is 6. The molecule has 31 nitrogen and oxygen atoms in total. The number of amides is 9. The van der Waals surface area contributed by atoms with Crippen LogP contribution < -0.4 is 25.4 Å². The van der Waals surface area contributed by atoms with E-state index in [0.29, 0.717) is 71.2 Å². The number of para-hydroxylation sites is 2. The van der Waals surface area contributed by atoms with E-state index in [4.69, 9.17) is 47.3 Å². The van der Waals surface area contributed by atoms with Crippen molar-refractivity contribution in [3.63, 3.8) is 0 Å². The van der Waals surface area contributed by atoms with Gasteiger partial charge in [0, 0.05) is 87.5 Å². The fourth-order valence-corrected chi connectivity index (χ4v) is 20.1. The average Bonchev–Trinajstić information content (AvgIpc) is 1.41. The maximum atomic E-state index is 14.9. The molecule has 4 aromatic rings. The minimum Gasteiger partial charge on any atom is -0.496 e. The van der Waals surface area contributed by atoms with Crippen molar-refractivity contribution < 1.29 is 105 Å². The van der Waals surface area contributed by atoms with Crippen LogP contribution in [0.2, 0.25) is 11.6 Å². The van der Waals surface area contributed by atoms with Crippen LogP contribution in [-0.4, -0.2) is 220 Å². The Labute approximate surface area is 711 Å². The molecular formula is C85H119B2N9O22S2. The highest BCUT2D eigenvalue weighted by atomic mass is 32.1. The number of carboxylic acids is 1. The van der Waals surface area contributed by atoms with E-state index < -0.39 is 137 Å². The molecular weight excluding hydrogens is 1580 g/mol. The van der Waals surface area contributed by atoms with E-state index in [-0.39, 0.29) is 129 Å². The average molecular weight is 1700 g/mol. The summed E-state index contributed by atoms with van der Waals surface area (Å²) in [7, 11) is 1.15. The van der Waals surface area contributed by atoms with Gasteiger partial charge in [-0.25, -0.2) is 33.9 Å². The number of nitrogens with one attached hydrogen (secondary N) is 3. The van der Waals surface area contributed by atoms with E-state index in [0.717, 1.165) is 46.8 Å². The summed E-state index contributed by atoms with van der Waals surface area (Å²) in [5.74, 6) is -6.27. The number of ether oxygens (including phenoxy) is 5. The number of aromatic carboxylic acids is 1. The summed E-state index contributed by atoms with van der Waals surface area (Å²) in [5, 5.41) is 22.4. The van der Waals surface area contributed by atoms with Gasteiger partial charge in [-0.1, -0.05) is 59.4 Å². The number of rotatable bonds is 28. The monoisotopic (exact) mass is 1700 g/mol. The number of aryl methyl sites for hydroxylation is 1. The fourth-order valence-electron chi connectivity index (χ4n) is 18.4. The number of hydrogen-bond donors (Lipinski definition) is 4. The molecule has 35 heteroatoms. The number of ketones is 2. The van der Waals surface area contributed by atoms with Crippen molar-refractivity contribution in [3.05, 3.63) is 90.8 Å². The number of piperazine rings is 2. The number of alkyl carbamates (subject to hydrolysis) is 1. The first-order chi connectivity index (χ1) is 55.7. The predicted octanol–water partition coefficient (Wildman–Crippen LogP) is 11.4. The lowest BCUT2D eigenvalue weighted by Gasteiger charge is -2.64. The highest BCUT2D eigenvalue weighted by molar-refractivity contribution is 7.10. The second-order valence-corrected chi connectivity index (χ2v) is 38.7. The van der Waals surface area contributed by atoms with Crippen molar-refractivity contribution in [1.82, 2.24) is 45.5 Å². The SMILES string of the molecule is C.CCN1CCN(C(=O)NC(C(=O)C[C@@H](Cc2cccc(C(=O)O)c2OC)B2O[C@@H]3C[C@@H]4C[C@@H](C4(C)C)[C@]3(C)O2)c2csc(CCCNC(=O)OC(C)(C)C)n2)C(=O)C1=O.CCN1CCN(C(=O)NC(C(=O)C[C@@H](Cc2cccc(C(=O)OC(C)(C)C)c2OC)B2O[C@@H]3C[C@@H]4C[C@@H](C4(C)C)[C@]3(C)O2)c2csc(CC(=O)OC(C)(C)C)n2)C(=O)C1=O. The third-order valence-electron chi connectivity index (χ3n) is 24.8. The molecule has 4 aliphatic heterocycles. The summed E-state index contributed by atoms with van der Waals surface area (Å²) in [6.45, 7) is 33.7. The van der Waals surface area contributed by atoms with Crippen LogP contribution in [0.15, 0.2) is 47.2 Å². The summed E-state index contributed by atoms with van der Waals surface area (Å²) in [6.07, 6.45) is 3.41. The lowest BCUT2D eigenvalue weighted by molar-refractivity contribution is -0.199. The second kappa shape index (κ2) is 36.7. The van der Waals surface area contributed by atoms with Gasteiger partial charge in [-0.3, -0.25) is 43.4 Å². The highest BCUT2D eigenvalue weighted by Gasteiger charge is 2.70. The number of hydrogen-bond acceptors (Lipinski definition) is 25. The molecule has 6 saturated carbocycles. The first-order valence-corrected chi connectivity index (χ1v) is 42.9. The number of Topliss-reactive ketones (excluding diaryl/α,β-unsaturated/α-hetero) is 2. The van der Waals surface area contributed by atoms with E-state index in [1.54, 1.807) is 111 Å². The van der Waals surface area contributed by atoms with Crippen LogP contribution in [0.3, 0.4) is 0 Å². The van der Waals surface area contributed by atoms with Gasteiger partial charge in [-0.2, -0.15) is 0 Å². The Morgan fingerprint density at radius 1 is 0.583 bits per heavy atom. The van der Waals surface area contributed by atoms with Gasteiger partial charge in [-0.05, 0) is 193 Å². The predicted molar refractivity (Wildman–Crippen MR) is 446 cm³/mol. The van der Waals surface area contributed by atoms with E-state index in [9.17, 15) is 62.6 Å². The molecule has 6 aliphatic carbocycles. The molecule has 654 valence electrons. The molecule has 12 atom stereocenters. The van der Waals surface area contributed by atoms with Crippen LogP contribution in [-0.2, 0) is 92.1 Å². The molecule has 10 aliphatic rings. The Morgan fingerprint density at radius 3 is 1.43 bits per heavy atom. The van der Waals surface area contributed by atoms with Crippen molar-refractivity contribution in [2.75, 3.05) is 60.0 Å². The summed E-state index contributed by atoms with van der Waals surface area (Å²) in [4.78, 5) is 173. The number of carbonyl (C=O) groups is 12. The molecule has 0 spiro atoms. The number of likely N-dealkylation sites (N-methyl/N-ethyl adjacent to an activating group) is 2. The second-order valence-electron chi connectivity index (χ2n) is 36.8. The van der Waals surface area contributed by atoms with E-state index in [2.05, 4.69) is 62.5 Å². The minimum absolute atomic E-state index is 0. The first kappa shape index (κ1) is 93.4. The molecule has 4 N–H and O–H groups in total. The number of imide groups is 2. The van der Waals surface area contributed by atoms with Gasteiger partial charge in [0.1, 0.15) is 56.5 Å². The van der Waals surface area contributed by atoms with E-state index in [1.807, 2.05) is 6.07 Å². The van der Waals surface area contributed by atoms with Crippen LogP contribution in [0.1, 0.15) is 235 Å². The highest BCUT2D eigenvalue weighted by Crippen LogP contribution is 2.68. The molecule has 14 rings (SSSR count). The Bertz CT molecular complexity index is 4550. The Kier molecular flexibility index (Phi) is 28.5. The van der Waals surface area contributed by atoms with Crippen LogP contribution in [0.4, 0.5) is 14.4 Å². The van der Waals surface area contributed by atoms with E-state index >= 15 is 0 Å². The quantitative estimate of drug-likeness (QED) is 0.0135. The molecule has 6 heterocycles. The number of urea groups is 2. The molecule has 120 heavy (non-hydrogen) atoms. The molecule has 4 bridgehead atoms. The van der Waals surface area contributed by atoms with Crippen LogP contribution in [0.25, 0.3) is 0 Å². The van der Waals surface area contributed by atoms with E-state index in [1.165, 1.54) is 41.4 Å². The van der Waals surface area contributed by atoms with Gasteiger partial charge in [0.15, 0.2) is 11.6 Å². The standard InChI is InChI=1S/C43H59BN4O11S.C41H56BN5O11S.CH4/c1-12-47-16-17-48(37(52)36(47)51)39(54)46-34(28-23-60-32(45-28)22-33(50)56-40(2,3)4)29(49)21-26(44-58-31-20-25-19-30(42(25,8)9)43(31,10)59-44)18-24-14-13-15-27(35(24)55-11)38(53)57-41(5,6)7;1-9-46-16-17-47(35(50)34(46)49)37(53)45-32(27-22-59-31(44-27)14-11-15-43-38(54)56-39(2,3)4)28(48)21-25(18-23-12-10-13-26(36(51)52)33(23)55-8)42-57-30-20-24-19-29(40(24,5)6)41(30,7)58-42;/h13-15,23,25-26,30-31,34H,12,16-22H2,1-11H3,(H,46,54);10,12-13,22,24-25,29-30,32H,9,11,14-21H2,1-8H3,(H,43,54)(H,45,53)(H,51,52);1H4/t25-,26+,30-,31+,34?,43-;24-,25+,29-,30+,32?,41-;/m00./s1. The third kappa shape index (κ3) is 20.2. The van der Waals surface area contributed by atoms with Crippen molar-refractivity contribution in [2.45, 2.75) is 260 Å². The van der Waals surface area contributed by atoms with Gasteiger partial charge >= 0.3 is 73.9 Å². The van der Waals surface area contributed by atoms with Crippen LogP contribution in [0.5, 0.6) is 11.5 Å². The lowest BCUT2D eigenvalue weighted by Crippen LogP contribution is -2.65. The van der Waals surface area contributed by atoms with Crippen molar-refractivity contribution in [1.29, 1.82) is 0 Å². The summed E-state index contributed by atoms with van der Waals surface area (Å²) < 4.78 is 55.2. The Hall–Kier alpha value is -8.89. The smallest absolute Gasteiger partial charge is 0.461 e. The van der Waals surface area contributed by atoms with Crippen molar-refractivity contribution >= 4 is 108 Å². The van der Waals surface area contributed by atoms with Gasteiger partial charge in [0.2, 0.25) is 0 Å².